The molecule has 0 radical (unpaired) electrons. The number of aromatic nitrogens is 1. The summed E-state index contributed by atoms with van der Waals surface area (Å²) in [6.07, 6.45) is 1.36. The van der Waals surface area contributed by atoms with Crippen molar-refractivity contribution in [3.63, 3.8) is 0 Å². The van der Waals surface area contributed by atoms with Crippen molar-refractivity contribution < 1.29 is 19.5 Å². The molecular formula is C19H21N3O4S. The van der Waals surface area contributed by atoms with Crippen molar-refractivity contribution in [1.29, 1.82) is 0 Å². The first-order chi connectivity index (χ1) is 13.2. The summed E-state index contributed by atoms with van der Waals surface area (Å²) in [6.45, 7) is 1.58. The summed E-state index contributed by atoms with van der Waals surface area (Å²) >= 11 is 1.62. The molecule has 142 valence electrons. The van der Waals surface area contributed by atoms with Crippen molar-refractivity contribution in [1.82, 2.24) is 9.88 Å². The highest BCUT2D eigenvalue weighted by atomic mass is 32.1. The molecule has 1 unspecified atom stereocenters. The maximum absolute atomic E-state index is 11.0. The number of carboxylic acid groups (broad SMARTS) is 1. The second kappa shape index (κ2) is 7.96. The topological polar surface area (TPSA) is 84.2 Å². The van der Waals surface area contributed by atoms with Gasteiger partial charge in [0.2, 0.25) is 0 Å². The second-order valence-corrected chi connectivity index (χ2v) is 7.60. The second-order valence-electron chi connectivity index (χ2n) is 6.71. The number of nitrogens with zero attached hydrogens (tertiary/aromatic N) is 3. The number of thiazole rings is 1. The van der Waals surface area contributed by atoms with Gasteiger partial charge in [-0.1, -0.05) is 23.4 Å². The molecule has 0 bridgehead atoms. The van der Waals surface area contributed by atoms with Gasteiger partial charge >= 0.3 is 6.09 Å². The predicted molar refractivity (Wildman–Crippen MR) is 102 cm³/mol. The van der Waals surface area contributed by atoms with Crippen molar-refractivity contribution >= 4 is 23.1 Å². The molecule has 7 nitrogen and oxygen atoms in total. The van der Waals surface area contributed by atoms with Gasteiger partial charge in [0.15, 0.2) is 6.10 Å². The van der Waals surface area contributed by atoms with Crippen LogP contribution in [0.15, 0.2) is 40.9 Å². The van der Waals surface area contributed by atoms with Gasteiger partial charge in [0.25, 0.3) is 0 Å². The molecule has 0 aliphatic carbocycles. The van der Waals surface area contributed by atoms with Gasteiger partial charge in [0.1, 0.15) is 18.1 Å². The Morgan fingerprint density at radius 2 is 2.07 bits per heavy atom. The number of amides is 1. The fraction of sp³-hybridized carbons (Fsp3) is 0.421. The summed E-state index contributed by atoms with van der Waals surface area (Å²) in [4.78, 5) is 22.7. The highest BCUT2D eigenvalue weighted by molar-refractivity contribution is 7.10. The van der Waals surface area contributed by atoms with Gasteiger partial charge in [-0.3, -0.25) is 0 Å². The lowest BCUT2D eigenvalue weighted by Gasteiger charge is -2.28. The largest absolute Gasteiger partial charge is 0.490 e. The fourth-order valence-corrected chi connectivity index (χ4v) is 4.30. The van der Waals surface area contributed by atoms with E-state index in [4.69, 9.17) is 19.7 Å². The van der Waals surface area contributed by atoms with Crippen LogP contribution in [0.2, 0.25) is 0 Å². The summed E-state index contributed by atoms with van der Waals surface area (Å²) in [5, 5.41) is 16.3. The summed E-state index contributed by atoms with van der Waals surface area (Å²) in [7, 11) is 0. The smallest absolute Gasteiger partial charge is 0.407 e. The third-order valence-electron chi connectivity index (χ3n) is 4.84. The zero-order valence-corrected chi connectivity index (χ0v) is 15.6. The van der Waals surface area contributed by atoms with Crippen molar-refractivity contribution in [2.45, 2.75) is 31.3 Å². The number of likely N-dealkylation sites (tertiary alicyclic amines) is 1. The van der Waals surface area contributed by atoms with E-state index in [0.717, 1.165) is 35.0 Å². The molecule has 1 aromatic carbocycles. The third-order valence-corrected chi connectivity index (χ3v) is 5.85. The van der Waals surface area contributed by atoms with Crippen molar-refractivity contribution in [2.24, 2.45) is 5.16 Å². The zero-order valence-electron chi connectivity index (χ0n) is 14.8. The van der Waals surface area contributed by atoms with E-state index in [0.29, 0.717) is 32.0 Å². The highest BCUT2D eigenvalue weighted by Crippen LogP contribution is 2.31. The molecule has 1 fully saturated rings. The number of carbonyl (C=O) groups is 1. The van der Waals surface area contributed by atoms with Crippen LogP contribution in [0.4, 0.5) is 4.79 Å². The lowest BCUT2D eigenvalue weighted by atomic mass is 9.98. The van der Waals surface area contributed by atoms with E-state index in [1.807, 2.05) is 35.7 Å². The minimum absolute atomic E-state index is 0.107. The van der Waals surface area contributed by atoms with Gasteiger partial charge in [0.05, 0.1) is 10.7 Å². The quantitative estimate of drug-likeness (QED) is 0.848. The van der Waals surface area contributed by atoms with E-state index in [1.54, 1.807) is 11.3 Å². The Hall–Kier alpha value is -2.61. The monoisotopic (exact) mass is 387 g/mol. The number of rotatable bonds is 5. The average molecular weight is 387 g/mol. The van der Waals surface area contributed by atoms with Crippen LogP contribution in [-0.4, -0.2) is 52.6 Å². The lowest BCUT2D eigenvalue weighted by Crippen LogP contribution is -2.36. The molecule has 4 rings (SSSR count). The standard InChI is InChI=1S/C19H21N3O4S/c23-19(24)22-8-6-13(7-9-22)18-20-17(12-27-18)16-10-15(26-21-16)11-25-14-4-2-1-3-5-14/h1-5,12-13,15H,6-11H2,(H,23,24). The molecule has 0 spiro atoms. The molecule has 1 aromatic heterocycles. The van der Waals surface area contributed by atoms with Gasteiger partial charge in [-0.25, -0.2) is 9.78 Å². The van der Waals surface area contributed by atoms with Crippen LogP contribution in [0.25, 0.3) is 0 Å². The number of para-hydroxylation sites is 1. The molecule has 3 heterocycles. The SMILES string of the molecule is O=C(O)N1CCC(c2nc(C3=NOC(COc4ccccc4)C3)cs2)CC1. The van der Waals surface area contributed by atoms with Gasteiger partial charge < -0.3 is 19.6 Å². The number of oxime groups is 1. The molecule has 1 amide bonds. The fourth-order valence-electron chi connectivity index (χ4n) is 3.30. The summed E-state index contributed by atoms with van der Waals surface area (Å²) in [5.41, 5.74) is 1.71. The van der Waals surface area contributed by atoms with E-state index in [-0.39, 0.29) is 6.10 Å². The van der Waals surface area contributed by atoms with Crippen LogP contribution >= 0.6 is 11.3 Å². The van der Waals surface area contributed by atoms with Crippen LogP contribution in [-0.2, 0) is 4.84 Å². The molecule has 27 heavy (non-hydrogen) atoms. The Labute approximate surface area is 161 Å². The number of hydrogen-bond acceptors (Lipinski definition) is 6. The molecule has 1 N–H and O–H groups in total. The number of ether oxygens (including phenoxy) is 1. The van der Waals surface area contributed by atoms with Crippen molar-refractivity contribution in [3.05, 3.63) is 46.4 Å². The molecule has 2 aliphatic rings. The van der Waals surface area contributed by atoms with E-state index in [2.05, 4.69) is 5.16 Å². The molecule has 1 saturated heterocycles. The Morgan fingerprint density at radius 3 is 2.81 bits per heavy atom. The van der Waals surface area contributed by atoms with Crippen LogP contribution in [0.3, 0.4) is 0 Å². The maximum Gasteiger partial charge on any atom is 0.407 e. The lowest BCUT2D eigenvalue weighted by molar-refractivity contribution is 0.0471. The normalized spacial score (nSPS) is 20.2. The van der Waals surface area contributed by atoms with Crippen LogP contribution in [0, 0.1) is 0 Å². The summed E-state index contributed by atoms with van der Waals surface area (Å²) in [6, 6.07) is 9.65. The minimum Gasteiger partial charge on any atom is -0.490 e. The van der Waals surface area contributed by atoms with Gasteiger partial charge in [0, 0.05) is 30.8 Å². The van der Waals surface area contributed by atoms with Crippen LogP contribution < -0.4 is 4.74 Å². The van der Waals surface area contributed by atoms with Crippen molar-refractivity contribution in [2.75, 3.05) is 19.7 Å². The van der Waals surface area contributed by atoms with E-state index < -0.39 is 6.09 Å². The third kappa shape index (κ3) is 4.21. The minimum atomic E-state index is -0.838. The molecule has 0 saturated carbocycles. The zero-order chi connectivity index (χ0) is 18.6. The number of hydrogen-bond donors (Lipinski definition) is 1. The Kier molecular flexibility index (Phi) is 5.24. The first kappa shape index (κ1) is 17.8. The van der Waals surface area contributed by atoms with Gasteiger partial charge in [-0.2, -0.15) is 0 Å². The molecule has 2 aromatic rings. The Bertz CT molecular complexity index is 815. The molecule has 2 aliphatic heterocycles. The molecular weight excluding hydrogens is 366 g/mol. The average Bonchev–Trinajstić information content (AvgIpc) is 3.37. The maximum atomic E-state index is 11.0. The summed E-state index contributed by atoms with van der Waals surface area (Å²) in [5.74, 6) is 1.14. The van der Waals surface area contributed by atoms with Crippen molar-refractivity contribution in [3.8, 4) is 5.75 Å². The van der Waals surface area contributed by atoms with E-state index >= 15 is 0 Å². The molecule has 1 atom stereocenters. The number of benzene rings is 1. The Morgan fingerprint density at radius 1 is 1.30 bits per heavy atom. The molecule has 8 heteroatoms. The van der Waals surface area contributed by atoms with E-state index in [1.165, 1.54) is 4.90 Å². The Balaban J connectivity index is 1.30. The first-order valence-corrected chi connectivity index (χ1v) is 9.91. The predicted octanol–water partition coefficient (Wildman–Crippen LogP) is 3.57. The van der Waals surface area contributed by atoms with Gasteiger partial charge in [-0.15, -0.1) is 11.3 Å². The van der Waals surface area contributed by atoms with Crippen LogP contribution in [0.5, 0.6) is 5.75 Å². The number of piperidine rings is 1. The summed E-state index contributed by atoms with van der Waals surface area (Å²) < 4.78 is 5.74. The first-order valence-electron chi connectivity index (χ1n) is 9.03. The van der Waals surface area contributed by atoms with Crippen LogP contribution in [0.1, 0.15) is 35.9 Å². The van der Waals surface area contributed by atoms with Gasteiger partial charge in [-0.05, 0) is 25.0 Å². The highest BCUT2D eigenvalue weighted by Gasteiger charge is 2.28. The van der Waals surface area contributed by atoms with E-state index in [9.17, 15) is 4.79 Å².